The number of sulfone groups is 1. The van der Waals surface area contributed by atoms with Crippen LogP contribution in [0, 0.1) is 17.7 Å². The predicted molar refractivity (Wildman–Crippen MR) is 111 cm³/mol. The summed E-state index contributed by atoms with van der Waals surface area (Å²) in [5.41, 5.74) is 1.30. The average molecular weight is 420 g/mol. The van der Waals surface area contributed by atoms with E-state index in [0.717, 1.165) is 36.9 Å². The van der Waals surface area contributed by atoms with Gasteiger partial charge in [0.05, 0.1) is 18.4 Å². The quantitative estimate of drug-likeness (QED) is 0.713. The molecule has 1 aromatic heterocycles. The second-order valence-electron chi connectivity index (χ2n) is 8.66. The van der Waals surface area contributed by atoms with Crippen molar-refractivity contribution in [1.82, 2.24) is 14.5 Å². The highest BCUT2D eigenvalue weighted by atomic mass is 32.2. The van der Waals surface area contributed by atoms with Crippen molar-refractivity contribution in [2.24, 2.45) is 11.8 Å². The van der Waals surface area contributed by atoms with Crippen molar-refractivity contribution in [2.75, 3.05) is 19.3 Å². The molecule has 0 bridgehead atoms. The Balaban J connectivity index is 1.53. The molecule has 1 saturated carbocycles. The lowest BCUT2D eigenvalue weighted by Gasteiger charge is -2.27. The van der Waals surface area contributed by atoms with Gasteiger partial charge in [0.1, 0.15) is 5.82 Å². The Hall–Kier alpha value is -1.73. The van der Waals surface area contributed by atoms with Gasteiger partial charge in [-0.05, 0) is 30.9 Å². The van der Waals surface area contributed by atoms with Crippen LogP contribution in [0.5, 0.6) is 0 Å². The highest BCUT2D eigenvalue weighted by Crippen LogP contribution is 2.35. The number of hydrogen-bond acceptors (Lipinski definition) is 4. The van der Waals surface area contributed by atoms with Crippen molar-refractivity contribution >= 4 is 9.84 Å². The fraction of sp³-hybridized carbons (Fsp3) is 0.591. The summed E-state index contributed by atoms with van der Waals surface area (Å²) >= 11 is 0. The van der Waals surface area contributed by atoms with Crippen LogP contribution in [-0.2, 0) is 22.9 Å². The first-order valence-corrected chi connectivity index (χ1v) is 12.5. The van der Waals surface area contributed by atoms with Crippen LogP contribution in [0.1, 0.15) is 49.8 Å². The summed E-state index contributed by atoms with van der Waals surface area (Å²) in [6.07, 6.45) is 10.8. The van der Waals surface area contributed by atoms with Crippen LogP contribution >= 0.6 is 0 Å². The van der Waals surface area contributed by atoms with Gasteiger partial charge in [0.2, 0.25) is 15.0 Å². The van der Waals surface area contributed by atoms with E-state index >= 15 is 0 Å². The summed E-state index contributed by atoms with van der Waals surface area (Å²) in [5, 5.41) is 0.0128. The van der Waals surface area contributed by atoms with E-state index in [1.807, 2.05) is 0 Å². The molecule has 1 aromatic carbocycles. The molecule has 7 heteroatoms. The van der Waals surface area contributed by atoms with E-state index in [1.54, 1.807) is 29.0 Å². The molecular weight excluding hydrogens is 389 g/mol. The Morgan fingerprint density at radius 1 is 1.07 bits per heavy atom. The van der Waals surface area contributed by atoms with Crippen LogP contribution in [0.15, 0.2) is 35.6 Å². The smallest absolute Gasteiger partial charge is 0.227 e. The molecule has 1 saturated heterocycles. The van der Waals surface area contributed by atoms with Crippen molar-refractivity contribution < 1.29 is 12.8 Å². The van der Waals surface area contributed by atoms with Gasteiger partial charge in [0, 0.05) is 24.9 Å². The summed E-state index contributed by atoms with van der Waals surface area (Å²) in [4.78, 5) is 6.59. The standard InChI is InChI=1S/C22H30FN3O2S/c1-29(27,28)22-24-13-20(26(22)15-19-9-5-6-10-21(19)23)16-25-12-11-18(14-25)17-7-3-2-4-8-17/h5-6,9-10,13,17-18H,2-4,7-8,11-12,14-16H2,1H3. The Kier molecular flexibility index (Phi) is 6.06. The third kappa shape index (κ3) is 4.72. The minimum atomic E-state index is -3.50. The molecule has 0 amide bonds. The molecule has 0 N–H and O–H groups in total. The third-order valence-corrected chi connectivity index (χ3v) is 7.52. The van der Waals surface area contributed by atoms with Gasteiger partial charge in [-0.1, -0.05) is 50.3 Å². The minimum Gasteiger partial charge on any atom is -0.313 e. The number of likely N-dealkylation sites (tertiary alicyclic amines) is 1. The zero-order valence-electron chi connectivity index (χ0n) is 17.1. The predicted octanol–water partition coefficient (Wildman–Crippen LogP) is 3.88. The monoisotopic (exact) mass is 419 g/mol. The SMILES string of the molecule is CS(=O)(=O)c1ncc(CN2CCC(C3CCCCC3)C2)n1Cc1ccccc1F. The lowest BCUT2D eigenvalue weighted by atomic mass is 9.80. The third-order valence-electron chi connectivity index (χ3n) is 6.53. The second kappa shape index (κ2) is 8.56. The van der Waals surface area contributed by atoms with Gasteiger partial charge in [-0.2, -0.15) is 0 Å². The molecule has 5 nitrogen and oxygen atoms in total. The topological polar surface area (TPSA) is 55.2 Å². The molecule has 2 aliphatic rings. The van der Waals surface area contributed by atoms with E-state index in [4.69, 9.17) is 0 Å². The van der Waals surface area contributed by atoms with Gasteiger partial charge in [-0.3, -0.25) is 4.90 Å². The fourth-order valence-electron chi connectivity index (χ4n) is 5.01. The zero-order chi connectivity index (χ0) is 20.4. The summed E-state index contributed by atoms with van der Waals surface area (Å²) in [7, 11) is -3.50. The lowest BCUT2D eigenvalue weighted by Crippen LogP contribution is -2.25. The Labute approximate surface area is 172 Å². The van der Waals surface area contributed by atoms with Crippen molar-refractivity contribution in [3.05, 3.63) is 47.5 Å². The van der Waals surface area contributed by atoms with Crippen LogP contribution in [0.2, 0.25) is 0 Å². The number of aromatic nitrogens is 2. The maximum atomic E-state index is 14.2. The van der Waals surface area contributed by atoms with Gasteiger partial charge in [-0.15, -0.1) is 0 Å². The Morgan fingerprint density at radius 3 is 2.55 bits per heavy atom. The molecule has 0 spiro atoms. The minimum absolute atomic E-state index is 0.0128. The highest BCUT2D eigenvalue weighted by Gasteiger charge is 2.31. The maximum Gasteiger partial charge on any atom is 0.227 e. The zero-order valence-corrected chi connectivity index (χ0v) is 17.9. The molecule has 1 atom stereocenters. The Bertz CT molecular complexity index is 951. The molecule has 1 aliphatic heterocycles. The number of rotatable bonds is 6. The molecule has 2 heterocycles. The van der Waals surface area contributed by atoms with E-state index in [1.165, 1.54) is 44.6 Å². The maximum absolute atomic E-state index is 14.2. The van der Waals surface area contributed by atoms with Gasteiger partial charge in [0.25, 0.3) is 0 Å². The van der Waals surface area contributed by atoms with Crippen LogP contribution in [0.4, 0.5) is 4.39 Å². The summed E-state index contributed by atoms with van der Waals surface area (Å²) in [6.45, 7) is 2.91. The average Bonchev–Trinajstić information content (AvgIpc) is 3.32. The van der Waals surface area contributed by atoms with Crippen molar-refractivity contribution in [3.63, 3.8) is 0 Å². The van der Waals surface area contributed by atoms with Crippen LogP contribution < -0.4 is 0 Å². The molecule has 0 radical (unpaired) electrons. The molecular formula is C22H30FN3O2S. The van der Waals surface area contributed by atoms with E-state index < -0.39 is 9.84 Å². The van der Waals surface area contributed by atoms with E-state index in [0.29, 0.717) is 12.1 Å². The van der Waals surface area contributed by atoms with Gasteiger partial charge in [-0.25, -0.2) is 17.8 Å². The van der Waals surface area contributed by atoms with Crippen LogP contribution in [0.25, 0.3) is 0 Å². The molecule has 29 heavy (non-hydrogen) atoms. The first kappa shape index (κ1) is 20.5. The van der Waals surface area contributed by atoms with Gasteiger partial charge >= 0.3 is 0 Å². The summed E-state index contributed by atoms with van der Waals surface area (Å²) in [6, 6.07) is 6.51. The summed E-state index contributed by atoms with van der Waals surface area (Å²) < 4.78 is 40.4. The number of nitrogens with zero attached hydrogens (tertiary/aromatic N) is 3. The van der Waals surface area contributed by atoms with Crippen LogP contribution in [0.3, 0.4) is 0 Å². The molecule has 158 valence electrons. The fourth-order valence-corrected chi connectivity index (χ4v) is 5.83. The largest absolute Gasteiger partial charge is 0.313 e. The van der Waals surface area contributed by atoms with Gasteiger partial charge in [0.15, 0.2) is 0 Å². The summed E-state index contributed by atoms with van der Waals surface area (Å²) in [5.74, 6) is 1.25. The highest BCUT2D eigenvalue weighted by molar-refractivity contribution is 7.90. The lowest BCUT2D eigenvalue weighted by molar-refractivity contribution is 0.232. The van der Waals surface area contributed by atoms with E-state index in [9.17, 15) is 12.8 Å². The molecule has 4 rings (SSSR count). The normalized spacial score (nSPS) is 21.7. The van der Waals surface area contributed by atoms with Crippen molar-refractivity contribution in [2.45, 2.75) is 56.8 Å². The van der Waals surface area contributed by atoms with E-state index in [2.05, 4.69) is 9.88 Å². The second-order valence-corrected chi connectivity index (χ2v) is 10.6. The van der Waals surface area contributed by atoms with Crippen molar-refractivity contribution in [1.29, 1.82) is 0 Å². The number of benzene rings is 1. The van der Waals surface area contributed by atoms with Gasteiger partial charge < -0.3 is 4.57 Å². The van der Waals surface area contributed by atoms with Crippen LogP contribution in [-0.4, -0.2) is 42.2 Å². The molecule has 2 fully saturated rings. The molecule has 1 unspecified atom stereocenters. The number of halogens is 1. The first-order valence-electron chi connectivity index (χ1n) is 10.6. The first-order chi connectivity index (χ1) is 13.9. The van der Waals surface area contributed by atoms with E-state index in [-0.39, 0.29) is 17.5 Å². The number of hydrogen-bond donors (Lipinski definition) is 0. The Morgan fingerprint density at radius 2 is 1.83 bits per heavy atom. The molecule has 2 aromatic rings. The van der Waals surface area contributed by atoms with Crippen molar-refractivity contribution in [3.8, 4) is 0 Å². The number of imidazole rings is 1. The molecule has 1 aliphatic carbocycles.